The van der Waals surface area contributed by atoms with Gasteiger partial charge in [0.1, 0.15) is 13.2 Å². The van der Waals surface area contributed by atoms with Crippen LogP contribution in [-0.4, -0.2) is 48.6 Å². The molecule has 2 rings (SSSR count). The number of carbonyl (C=O) groups excluding carboxylic acids is 2. The summed E-state index contributed by atoms with van der Waals surface area (Å²) in [5, 5.41) is 15.2. The number of ether oxygens (including phenoxy) is 2. The van der Waals surface area contributed by atoms with Crippen LogP contribution in [0, 0.1) is 0 Å². The van der Waals surface area contributed by atoms with Gasteiger partial charge in [0.25, 0.3) is 0 Å². The first-order valence-corrected chi connectivity index (χ1v) is 5.35. The first-order valence-electron chi connectivity index (χ1n) is 5.35. The van der Waals surface area contributed by atoms with Crippen LogP contribution >= 0.6 is 0 Å². The number of cyclic esters (lactones) is 2. The normalized spacial score (nSPS) is 14.1. The van der Waals surface area contributed by atoms with Gasteiger partial charge in [-0.25, -0.2) is 9.59 Å². The van der Waals surface area contributed by atoms with Crippen molar-refractivity contribution < 1.29 is 29.3 Å². The molecular weight excluding hydrogens is 240 g/mol. The van der Waals surface area contributed by atoms with E-state index < -0.39 is 11.9 Å². The molecule has 18 heavy (non-hydrogen) atoms. The molecule has 0 fully saturated rings. The predicted molar refractivity (Wildman–Crippen MR) is 61.2 cm³/mol. The molecule has 0 aliphatic carbocycles. The summed E-state index contributed by atoms with van der Waals surface area (Å²) in [7, 11) is 0. The van der Waals surface area contributed by atoms with Crippen molar-refractivity contribution in [2.24, 2.45) is 0 Å². The second-order valence-electron chi connectivity index (χ2n) is 3.26. The van der Waals surface area contributed by atoms with Crippen molar-refractivity contribution in [1.82, 2.24) is 0 Å². The largest absolute Gasteiger partial charge is 0.458 e. The summed E-state index contributed by atoms with van der Waals surface area (Å²) in [6.45, 7) is -0.0299. The van der Waals surface area contributed by atoms with E-state index in [0.29, 0.717) is 0 Å². The number of carbonyl (C=O) groups is 2. The van der Waals surface area contributed by atoms with Gasteiger partial charge < -0.3 is 19.7 Å². The molecule has 0 aromatic heterocycles. The zero-order valence-corrected chi connectivity index (χ0v) is 9.67. The molecule has 1 aliphatic rings. The van der Waals surface area contributed by atoms with Gasteiger partial charge >= 0.3 is 11.9 Å². The summed E-state index contributed by atoms with van der Waals surface area (Å²) in [5.41, 5.74) is 0.523. The molecule has 98 valence electrons. The number of aliphatic hydroxyl groups is 2. The topological polar surface area (TPSA) is 93.1 Å². The standard InChI is InChI=1S/C10H8O4.C2H6O2/c11-9-7-3-1-2-4-8(7)10(12)14-6-5-13-9;3-1-2-4/h1-4H,5-6H2;3-4H,1-2H2. The number of benzene rings is 1. The van der Waals surface area contributed by atoms with E-state index in [0.717, 1.165) is 0 Å². The second kappa shape index (κ2) is 7.41. The van der Waals surface area contributed by atoms with Crippen LogP contribution in [0.5, 0.6) is 0 Å². The van der Waals surface area contributed by atoms with Gasteiger partial charge in [0, 0.05) is 0 Å². The van der Waals surface area contributed by atoms with E-state index in [4.69, 9.17) is 19.7 Å². The highest BCUT2D eigenvalue weighted by Crippen LogP contribution is 2.13. The number of hydrogen-bond donors (Lipinski definition) is 2. The van der Waals surface area contributed by atoms with E-state index >= 15 is 0 Å². The van der Waals surface area contributed by atoms with Gasteiger partial charge in [-0.1, -0.05) is 12.1 Å². The molecule has 6 nitrogen and oxygen atoms in total. The summed E-state index contributed by atoms with van der Waals surface area (Å²) in [5.74, 6) is -0.950. The van der Waals surface area contributed by atoms with Crippen molar-refractivity contribution in [3.05, 3.63) is 35.4 Å². The monoisotopic (exact) mass is 254 g/mol. The maximum Gasteiger partial charge on any atom is 0.339 e. The first kappa shape index (κ1) is 14.1. The molecule has 0 amide bonds. The molecule has 2 N–H and O–H groups in total. The summed E-state index contributed by atoms with van der Waals surface area (Å²) < 4.78 is 9.68. The molecule has 0 unspecified atom stereocenters. The third-order valence-corrected chi connectivity index (χ3v) is 2.02. The Labute approximate surface area is 104 Å². The van der Waals surface area contributed by atoms with Crippen molar-refractivity contribution in [1.29, 1.82) is 0 Å². The van der Waals surface area contributed by atoms with E-state index in [-0.39, 0.29) is 37.6 Å². The molecule has 0 atom stereocenters. The number of hydrogen-bond acceptors (Lipinski definition) is 6. The molecule has 0 radical (unpaired) electrons. The lowest BCUT2D eigenvalue weighted by atomic mass is 10.1. The van der Waals surface area contributed by atoms with Gasteiger partial charge in [-0.2, -0.15) is 0 Å². The Morgan fingerprint density at radius 3 is 1.61 bits per heavy atom. The van der Waals surface area contributed by atoms with Crippen LogP contribution < -0.4 is 0 Å². The van der Waals surface area contributed by atoms with E-state index in [2.05, 4.69) is 0 Å². The van der Waals surface area contributed by atoms with E-state index in [1.165, 1.54) is 0 Å². The fourth-order valence-electron chi connectivity index (χ4n) is 1.26. The minimum atomic E-state index is -0.475. The number of fused-ring (bicyclic) bond motifs is 1. The van der Waals surface area contributed by atoms with Gasteiger partial charge in [-0.3, -0.25) is 0 Å². The molecule has 6 heteroatoms. The summed E-state index contributed by atoms with van der Waals surface area (Å²) in [6, 6.07) is 6.44. The van der Waals surface area contributed by atoms with Crippen LogP contribution in [0.25, 0.3) is 0 Å². The van der Waals surface area contributed by atoms with Crippen molar-refractivity contribution in [2.45, 2.75) is 0 Å². The molecule has 0 spiro atoms. The van der Waals surface area contributed by atoms with Crippen LogP contribution in [0.1, 0.15) is 20.7 Å². The van der Waals surface area contributed by atoms with E-state index in [1.807, 2.05) is 0 Å². The van der Waals surface area contributed by atoms with Crippen LogP contribution in [-0.2, 0) is 9.47 Å². The van der Waals surface area contributed by atoms with Crippen LogP contribution in [0.4, 0.5) is 0 Å². The predicted octanol–water partition coefficient (Wildman–Crippen LogP) is -0.0152. The first-order chi connectivity index (χ1) is 8.70. The fourth-order valence-corrected chi connectivity index (χ4v) is 1.26. The quantitative estimate of drug-likeness (QED) is 0.684. The summed E-state index contributed by atoms with van der Waals surface area (Å²) in [4.78, 5) is 22.7. The Kier molecular flexibility index (Phi) is 5.83. The fraction of sp³-hybridized carbons (Fsp3) is 0.333. The molecule has 1 aromatic rings. The number of esters is 2. The highest BCUT2D eigenvalue weighted by atomic mass is 16.6. The smallest absolute Gasteiger partial charge is 0.339 e. The van der Waals surface area contributed by atoms with Crippen molar-refractivity contribution in [2.75, 3.05) is 26.4 Å². The van der Waals surface area contributed by atoms with Crippen LogP contribution in [0.15, 0.2) is 24.3 Å². The Morgan fingerprint density at radius 2 is 1.28 bits per heavy atom. The molecular formula is C12H14O6. The highest BCUT2D eigenvalue weighted by molar-refractivity contribution is 6.03. The van der Waals surface area contributed by atoms with E-state index in [1.54, 1.807) is 24.3 Å². The van der Waals surface area contributed by atoms with Gasteiger partial charge in [-0.05, 0) is 12.1 Å². The Morgan fingerprint density at radius 1 is 0.889 bits per heavy atom. The average Bonchev–Trinajstić information content (AvgIpc) is 2.42. The van der Waals surface area contributed by atoms with Crippen LogP contribution in [0.3, 0.4) is 0 Å². The summed E-state index contributed by atoms with van der Waals surface area (Å²) >= 11 is 0. The molecule has 1 aromatic carbocycles. The lowest BCUT2D eigenvalue weighted by molar-refractivity contribution is 0.0225. The van der Waals surface area contributed by atoms with Crippen molar-refractivity contribution >= 4 is 11.9 Å². The maximum absolute atomic E-state index is 11.4. The lowest BCUT2D eigenvalue weighted by Crippen LogP contribution is -2.21. The van der Waals surface area contributed by atoms with Gasteiger partial charge in [-0.15, -0.1) is 0 Å². The lowest BCUT2D eigenvalue weighted by Gasteiger charge is -2.13. The third kappa shape index (κ3) is 3.83. The maximum atomic E-state index is 11.4. The minimum Gasteiger partial charge on any atom is -0.458 e. The SMILES string of the molecule is O=C1OCCOC(=O)c2ccccc21.OCCO. The number of aliphatic hydroxyl groups excluding tert-OH is 2. The zero-order valence-electron chi connectivity index (χ0n) is 9.67. The van der Waals surface area contributed by atoms with Gasteiger partial charge in [0.2, 0.25) is 0 Å². The van der Waals surface area contributed by atoms with Crippen molar-refractivity contribution in [3.63, 3.8) is 0 Å². The number of rotatable bonds is 1. The summed E-state index contributed by atoms with van der Waals surface area (Å²) in [6.07, 6.45) is 0. The molecule has 0 saturated carbocycles. The molecule has 1 heterocycles. The highest BCUT2D eigenvalue weighted by Gasteiger charge is 2.21. The minimum absolute atomic E-state index is 0.110. The average molecular weight is 254 g/mol. The third-order valence-electron chi connectivity index (χ3n) is 2.02. The Bertz CT molecular complexity index is 376. The second-order valence-corrected chi connectivity index (χ2v) is 3.26. The Balaban J connectivity index is 0.000000357. The molecule has 0 bridgehead atoms. The van der Waals surface area contributed by atoms with Gasteiger partial charge in [0.05, 0.1) is 24.3 Å². The van der Waals surface area contributed by atoms with Gasteiger partial charge in [0.15, 0.2) is 0 Å². The molecule has 1 aliphatic heterocycles. The molecule has 0 saturated heterocycles. The Hall–Kier alpha value is -1.92. The van der Waals surface area contributed by atoms with Crippen LogP contribution in [0.2, 0.25) is 0 Å². The van der Waals surface area contributed by atoms with Crippen molar-refractivity contribution in [3.8, 4) is 0 Å². The van der Waals surface area contributed by atoms with E-state index in [9.17, 15) is 9.59 Å². The zero-order chi connectivity index (χ0) is 13.4.